The summed E-state index contributed by atoms with van der Waals surface area (Å²) < 4.78 is 5.98. The van der Waals surface area contributed by atoms with Gasteiger partial charge in [0, 0.05) is 10.5 Å². The Hall–Kier alpha value is -2.00. The number of thioether (sulfide) groups is 1. The van der Waals surface area contributed by atoms with Crippen LogP contribution in [0.1, 0.15) is 139 Å². The summed E-state index contributed by atoms with van der Waals surface area (Å²) >= 11 is 1.83. The number of carbonyl (C=O) groups is 1. The van der Waals surface area contributed by atoms with Gasteiger partial charge in [0.15, 0.2) is 5.78 Å². The van der Waals surface area contributed by atoms with Crippen molar-refractivity contribution in [2.45, 2.75) is 128 Å². The second kappa shape index (κ2) is 22.8. The molecule has 0 radical (unpaired) electrons. The lowest BCUT2D eigenvalue weighted by molar-refractivity contribution is 0.104. The molecule has 0 atom stereocenters. The summed E-state index contributed by atoms with van der Waals surface area (Å²) in [6.07, 6.45) is 26.7. The van der Waals surface area contributed by atoms with E-state index in [9.17, 15) is 4.79 Å². The van der Waals surface area contributed by atoms with E-state index in [0.29, 0.717) is 0 Å². The lowest BCUT2D eigenvalue weighted by Gasteiger charge is -2.07. The Morgan fingerprint density at radius 3 is 1.82 bits per heavy atom. The lowest BCUT2D eigenvalue weighted by Crippen LogP contribution is -1.97. The van der Waals surface area contributed by atoms with Gasteiger partial charge in [0.1, 0.15) is 5.75 Å². The smallest absolute Gasteiger partial charge is 0.185 e. The van der Waals surface area contributed by atoms with Crippen LogP contribution in [-0.2, 0) is 0 Å². The van der Waals surface area contributed by atoms with Gasteiger partial charge in [0.05, 0.1) is 6.61 Å². The minimum Gasteiger partial charge on any atom is -0.494 e. The predicted octanol–water partition coefficient (Wildman–Crippen LogP) is 11.7. The molecule has 3 heteroatoms. The molecular formula is C36H54O2S. The van der Waals surface area contributed by atoms with E-state index in [-0.39, 0.29) is 5.78 Å². The standard InChI is InChI=1S/C36H54O2S/c1-3-5-6-7-8-9-10-11-12-13-14-15-16-17-18-19-29-38-34-22-20-21-32(31-34)23-28-36(37)33-24-26-35(27-25-33)39-30-4-2/h20-28,31H,3-19,29-30H2,1-2H3. The first-order valence-corrected chi connectivity index (χ1v) is 16.9. The maximum atomic E-state index is 12.5. The molecule has 0 heterocycles. The van der Waals surface area contributed by atoms with Crippen LogP contribution in [0, 0.1) is 0 Å². The second-order valence-electron chi connectivity index (χ2n) is 10.8. The first-order valence-electron chi connectivity index (χ1n) is 15.9. The van der Waals surface area contributed by atoms with Crippen LogP contribution in [0.25, 0.3) is 6.08 Å². The van der Waals surface area contributed by atoms with E-state index in [1.54, 1.807) is 6.08 Å². The average Bonchev–Trinajstić information content (AvgIpc) is 2.97. The first-order chi connectivity index (χ1) is 19.2. The van der Waals surface area contributed by atoms with Crippen LogP contribution in [0.4, 0.5) is 0 Å². The van der Waals surface area contributed by atoms with Gasteiger partial charge < -0.3 is 4.74 Å². The van der Waals surface area contributed by atoms with Crippen molar-refractivity contribution in [3.05, 3.63) is 65.7 Å². The molecule has 216 valence electrons. The summed E-state index contributed by atoms with van der Waals surface area (Å²) in [6.45, 7) is 5.22. The molecule has 2 aromatic carbocycles. The molecule has 2 aromatic rings. The highest BCUT2D eigenvalue weighted by Gasteiger charge is 2.03. The number of ether oxygens (including phenoxy) is 1. The number of hydrogen-bond donors (Lipinski definition) is 0. The predicted molar refractivity (Wildman–Crippen MR) is 172 cm³/mol. The number of rotatable bonds is 24. The van der Waals surface area contributed by atoms with E-state index in [2.05, 4.69) is 13.8 Å². The van der Waals surface area contributed by atoms with Crippen molar-refractivity contribution in [3.8, 4) is 5.75 Å². The Labute approximate surface area is 244 Å². The van der Waals surface area contributed by atoms with Crippen molar-refractivity contribution in [1.82, 2.24) is 0 Å². The number of ketones is 1. The van der Waals surface area contributed by atoms with Crippen LogP contribution in [0.2, 0.25) is 0 Å². The number of allylic oxidation sites excluding steroid dienone is 1. The van der Waals surface area contributed by atoms with Gasteiger partial charge in [-0.25, -0.2) is 0 Å². The summed E-state index contributed by atoms with van der Waals surface area (Å²) in [5, 5.41) is 0. The van der Waals surface area contributed by atoms with Crippen molar-refractivity contribution in [2.24, 2.45) is 0 Å². The van der Waals surface area contributed by atoms with Crippen molar-refractivity contribution in [1.29, 1.82) is 0 Å². The summed E-state index contributed by atoms with van der Waals surface area (Å²) in [4.78, 5) is 13.8. The highest BCUT2D eigenvalue weighted by atomic mass is 32.2. The van der Waals surface area contributed by atoms with Gasteiger partial charge in [-0.15, -0.1) is 11.8 Å². The lowest BCUT2D eigenvalue weighted by atomic mass is 10.0. The quantitative estimate of drug-likeness (QED) is 0.0562. The Morgan fingerprint density at radius 2 is 1.26 bits per heavy atom. The third-order valence-electron chi connectivity index (χ3n) is 7.16. The van der Waals surface area contributed by atoms with Crippen molar-refractivity contribution < 1.29 is 9.53 Å². The van der Waals surface area contributed by atoms with Crippen molar-refractivity contribution >= 4 is 23.6 Å². The molecule has 2 rings (SSSR count). The normalized spacial score (nSPS) is 11.3. The zero-order valence-corrected chi connectivity index (χ0v) is 25.7. The fourth-order valence-electron chi connectivity index (χ4n) is 4.75. The second-order valence-corrected chi connectivity index (χ2v) is 12.0. The topological polar surface area (TPSA) is 26.3 Å². The summed E-state index contributed by atoms with van der Waals surface area (Å²) in [5.74, 6) is 2.01. The van der Waals surface area contributed by atoms with Gasteiger partial charge in [-0.2, -0.15) is 0 Å². The van der Waals surface area contributed by atoms with Gasteiger partial charge >= 0.3 is 0 Å². The number of benzene rings is 2. The number of carbonyl (C=O) groups excluding carboxylic acids is 1. The SMILES string of the molecule is CCCCCCCCCCCCCCCCCCOc1cccc(C=CC(=O)c2ccc(SCCC)cc2)c1. The summed E-state index contributed by atoms with van der Waals surface area (Å²) in [7, 11) is 0. The van der Waals surface area contributed by atoms with E-state index in [4.69, 9.17) is 4.74 Å². The molecule has 0 aliphatic rings. The van der Waals surface area contributed by atoms with E-state index < -0.39 is 0 Å². The van der Waals surface area contributed by atoms with Gasteiger partial charge in [-0.05, 0) is 66.6 Å². The van der Waals surface area contributed by atoms with Crippen LogP contribution in [0.3, 0.4) is 0 Å². The Kier molecular flexibility index (Phi) is 19.4. The van der Waals surface area contributed by atoms with Crippen molar-refractivity contribution in [3.63, 3.8) is 0 Å². The van der Waals surface area contributed by atoms with Gasteiger partial charge in [0.25, 0.3) is 0 Å². The molecule has 0 aromatic heterocycles. The molecule has 0 saturated carbocycles. The third kappa shape index (κ3) is 16.6. The summed E-state index contributed by atoms with van der Waals surface area (Å²) in [5.41, 5.74) is 1.71. The molecule has 0 bridgehead atoms. The molecule has 0 N–H and O–H groups in total. The van der Waals surface area contributed by atoms with Crippen LogP contribution in [0.5, 0.6) is 5.75 Å². The Morgan fingerprint density at radius 1 is 0.692 bits per heavy atom. The Balaban J connectivity index is 1.49. The molecule has 2 nitrogen and oxygen atoms in total. The van der Waals surface area contributed by atoms with E-state index in [0.717, 1.165) is 42.1 Å². The molecule has 39 heavy (non-hydrogen) atoms. The van der Waals surface area contributed by atoms with E-state index in [1.165, 1.54) is 101 Å². The van der Waals surface area contributed by atoms with Crippen LogP contribution in [0.15, 0.2) is 59.5 Å². The fourth-order valence-corrected chi connectivity index (χ4v) is 5.52. The maximum absolute atomic E-state index is 12.5. The number of hydrogen-bond acceptors (Lipinski definition) is 3. The summed E-state index contributed by atoms with van der Waals surface area (Å²) in [6, 6.07) is 15.9. The van der Waals surface area contributed by atoms with Gasteiger partial charge in [0.2, 0.25) is 0 Å². The zero-order chi connectivity index (χ0) is 27.8. The van der Waals surface area contributed by atoms with Crippen LogP contribution < -0.4 is 4.74 Å². The molecule has 0 spiro atoms. The van der Waals surface area contributed by atoms with E-state index in [1.807, 2.05) is 66.4 Å². The van der Waals surface area contributed by atoms with Crippen LogP contribution >= 0.6 is 11.8 Å². The minimum absolute atomic E-state index is 0.0292. The number of unbranched alkanes of at least 4 members (excludes halogenated alkanes) is 15. The van der Waals surface area contributed by atoms with Crippen molar-refractivity contribution in [2.75, 3.05) is 12.4 Å². The molecule has 0 aliphatic carbocycles. The fraction of sp³-hybridized carbons (Fsp3) is 0.583. The molecule has 0 unspecified atom stereocenters. The molecule has 0 saturated heterocycles. The largest absolute Gasteiger partial charge is 0.494 e. The first kappa shape index (κ1) is 33.2. The van der Waals surface area contributed by atoms with E-state index >= 15 is 0 Å². The molecule has 0 aliphatic heterocycles. The minimum atomic E-state index is 0.0292. The molecule has 0 amide bonds. The van der Waals surface area contributed by atoms with Crippen LogP contribution in [-0.4, -0.2) is 18.1 Å². The molecular weight excluding hydrogens is 496 g/mol. The van der Waals surface area contributed by atoms with Gasteiger partial charge in [-0.1, -0.05) is 128 Å². The monoisotopic (exact) mass is 550 g/mol. The highest BCUT2D eigenvalue weighted by Crippen LogP contribution is 2.20. The molecule has 0 fully saturated rings. The van der Waals surface area contributed by atoms with Gasteiger partial charge in [-0.3, -0.25) is 4.79 Å². The average molecular weight is 551 g/mol. The third-order valence-corrected chi connectivity index (χ3v) is 8.38. The zero-order valence-electron chi connectivity index (χ0n) is 24.9. The Bertz CT molecular complexity index is 903. The maximum Gasteiger partial charge on any atom is 0.185 e. The highest BCUT2D eigenvalue weighted by molar-refractivity contribution is 7.99.